The van der Waals surface area contributed by atoms with Gasteiger partial charge >= 0.3 is 0 Å². The highest BCUT2D eigenvalue weighted by molar-refractivity contribution is 7.09. The molecule has 130 valence electrons. The van der Waals surface area contributed by atoms with Gasteiger partial charge in [-0.25, -0.2) is 0 Å². The van der Waals surface area contributed by atoms with E-state index in [0.29, 0.717) is 13.1 Å². The first-order valence-corrected chi connectivity index (χ1v) is 9.21. The van der Waals surface area contributed by atoms with Gasteiger partial charge < -0.3 is 15.6 Å². The van der Waals surface area contributed by atoms with Crippen LogP contribution in [0.1, 0.15) is 37.7 Å². The van der Waals surface area contributed by atoms with E-state index < -0.39 is 0 Å². The molecule has 0 fully saturated rings. The van der Waals surface area contributed by atoms with Crippen LogP contribution in [-0.2, 0) is 19.6 Å². The molecular formula is C20H23N3OS. The van der Waals surface area contributed by atoms with E-state index in [1.54, 1.807) is 11.3 Å². The molecule has 3 rings (SSSR count). The summed E-state index contributed by atoms with van der Waals surface area (Å²) in [6.07, 6.45) is 0. The van der Waals surface area contributed by atoms with Crippen molar-refractivity contribution in [3.8, 4) is 0 Å². The Labute approximate surface area is 152 Å². The van der Waals surface area contributed by atoms with Crippen LogP contribution in [0.4, 0.5) is 0 Å². The lowest BCUT2D eigenvalue weighted by Crippen LogP contribution is -2.23. The summed E-state index contributed by atoms with van der Waals surface area (Å²) in [5.41, 5.74) is 10.6. The monoisotopic (exact) mass is 353 g/mol. The number of benzene rings is 1. The van der Waals surface area contributed by atoms with E-state index in [1.165, 1.54) is 4.88 Å². The largest absolute Gasteiger partial charge is 0.348 e. The Hall–Kier alpha value is -2.37. The van der Waals surface area contributed by atoms with E-state index in [-0.39, 0.29) is 5.91 Å². The van der Waals surface area contributed by atoms with E-state index >= 15 is 0 Å². The number of nitrogens with one attached hydrogen (secondary N) is 1. The summed E-state index contributed by atoms with van der Waals surface area (Å²) in [5, 5.41) is 5.09. The molecule has 0 saturated carbocycles. The Balaban J connectivity index is 1.69. The number of aromatic nitrogens is 1. The van der Waals surface area contributed by atoms with Gasteiger partial charge in [-0.15, -0.1) is 11.3 Å². The predicted octanol–water partition coefficient (Wildman–Crippen LogP) is 3.60. The maximum Gasteiger partial charge on any atom is 0.253 e. The van der Waals surface area contributed by atoms with Crippen molar-refractivity contribution in [3.63, 3.8) is 0 Å². The molecule has 0 aliphatic rings. The van der Waals surface area contributed by atoms with Crippen molar-refractivity contribution in [2.75, 3.05) is 0 Å². The molecule has 0 unspecified atom stereocenters. The molecule has 1 aromatic carbocycles. The Kier molecular flexibility index (Phi) is 5.36. The summed E-state index contributed by atoms with van der Waals surface area (Å²) >= 11 is 1.73. The third-order valence-corrected chi connectivity index (χ3v) is 5.29. The predicted molar refractivity (Wildman–Crippen MR) is 103 cm³/mol. The molecular weight excluding hydrogens is 330 g/mol. The van der Waals surface area contributed by atoms with Crippen LogP contribution >= 0.6 is 11.3 Å². The van der Waals surface area contributed by atoms with Gasteiger partial charge in [0, 0.05) is 29.4 Å². The van der Waals surface area contributed by atoms with E-state index in [0.717, 1.165) is 34.6 Å². The van der Waals surface area contributed by atoms with Gasteiger partial charge in [-0.05, 0) is 42.5 Å². The minimum Gasteiger partial charge on any atom is -0.348 e. The average molecular weight is 353 g/mol. The zero-order valence-corrected chi connectivity index (χ0v) is 15.4. The molecule has 2 aromatic heterocycles. The fourth-order valence-electron chi connectivity index (χ4n) is 2.90. The lowest BCUT2D eigenvalue weighted by molar-refractivity contribution is 0.0950. The number of carbonyl (C=O) groups is 1. The van der Waals surface area contributed by atoms with E-state index in [4.69, 9.17) is 5.73 Å². The number of nitrogens with two attached hydrogens (primary N) is 1. The second-order valence-electron chi connectivity index (χ2n) is 6.15. The molecule has 0 bridgehead atoms. The number of hydrogen-bond acceptors (Lipinski definition) is 3. The highest BCUT2D eigenvalue weighted by Crippen LogP contribution is 2.19. The number of rotatable bonds is 6. The van der Waals surface area contributed by atoms with Crippen LogP contribution in [0.3, 0.4) is 0 Å². The Bertz CT molecular complexity index is 848. The summed E-state index contributed by atoms with van der Waals surface area (Å²) in [4.78, 5) is 13.9. The molecule has 0 radical (unpaired) electrons. The second-order valence-corrected chi connectivity index (χ2v) is 7.19. The van der Waals surface area contributed by atoms with Crippen molar-refractivity contribution >= 4 is 17.2 Å². The molecule has 3 aromatic rings. The Morgan fingerprint density at radius 3 is 2.52 bits per heavy atom. The quantitative estimate of drug-likeness (QED) is 0.711. The van der Waals surface area contributed by atoms with Gasteiger partial charge in [0.2, 0.25) is 0 Å². The number of nitrogens with zero attached hydrogens (tertiary/aromatic N) is 1. The van der Waals surface area contributed by atoms with Crippen LogP contribution in [0, 0.1) is 13.8 Å². The normalized spacial score (nSPS) is 10.8. The lowest BCUT2D eigenvalue weighted by Gasteiger charge is -2.09. The molecule has 0 spiro atoms. The number of hydrogen-bond donors (Lipinski definition) is 2. The van der Waals surface area contributed by atoms with Crippen LogP contribution < -0.4 is 11.1 Å². The first-order chi connectivity index (χ1) is 12.1. The Morgan fingerprint density at radius 1 is 1.16 bits per heavy atom. The molecule has 2 heterocycles. The zero-order chi connectivity index (χ0) is 17.8. The molecule has 5 heteroatoms. The number of aryl methyl sites for hydroxylation is 1. The van der Waals surface area contributed by atoms with Gasteiger partial charge in [0.1, 0.15) is 0 Å². The summed E-state index contributed by atoms with van der Waals surface area (Å²) < 4.78 is 2.19. The summed E-state index contributed by atoms with van der Waals surface area (Å²) in [5.74, 6) is -0.0339. The maximum absolute atomic E-state index is 12.6. The van der Waals surface area contributed by atoms with Gasteiger partial charge in [0.25, 0.3) is 5.91 Å². The van der Waals surface area contributed by atoms with E-state index in [9.17, 15) is 4.79 Å². The van der Waals surface area contributed by atoms with E-state index in [2.05, 4.69) is 27.4 Å². The van der Waals surface area contributed by atoms with Gasteiger partial charge in [-0.2, -0.15) is 0 Å². The van der Waals surface area contributed by atoms with Gasteiger partial charge in [-0.1, -0.05) is 30.3 Å². The lowest BCUT2D eigenvalue weighted by atomic mass is 10.1. The van der Waals surface area contributed by atoms with Gasteiger partial charge in [-0.3, -0.25) is 4.79 Å². The van der Waals surface area contributed by atoms with Crippen LogP contribution in [0.15, 0.2) is 47.8 Å². The van der Waals surface area contributed by atoms with Crippen molar-refractivity contribution in [2.24, 2.45) is 5.73 Å². The fourth-order valence-corrected chi connectivity index (χ4v) is 3.60. The number of thiophene rings is 1. The Morgan fingerprint density at radius 2 is 1.88 bits per heavy atom. The third kappa shape index (κ3) is 4.00. The summed E-state index contributed by atoms with van der Waals surface area (Å²) in [6, 6.07) is 14.1. The first kappa shape index (κ1) is 17.5. The van der Waals surface area contributed by atoms with Crippen molar-refractivity contribution in [1.82, 2.24) is 9.88 Å². The molecule has 25 heavy (non-hydrogen) atoms. The van der Waals surface area contributed by atoms with E-state index in [1.807, 2.05) is 44.2 Å². The highest BCUT2D eigenvalue weighted by atomic mass is 32.1. The van der Waals surface area contributed by atoms with Gasteiger partial charge in [0.15, 0.2) is 0 Å². The topological polar surface area (TPSA) is 60.1 Å². The average Bonchev–Trinajstić information content (AvgIpc) is 3.24. The van der Waals surface area contributed by atoms with Gasteiger partial charge in [0.05, 0.1) is 12.1 Å². The van der Waals surface area contributed by atoms with Crippen molar-refractivity contribution in [1.29, 1.82) is 0 Å². The number of amides is 1. The first-order valence-electron chi connectivity index (χ1n) is 8.33. The smallest absolute Gasteiger partial charge is 0.253 e. The fraction of sp³-hybridized carbons (Fsp3) is 0.250. The molecule has 0 aliphatic heterocycles. The van der Waals surface area contributed by atoms with Crippen LogP contribution in [0.5, 0.6) is 0 Å². The third-order valence-electron chi connectivity index (χ3n) is 4.42. The summed E-state index contributed by atoms with van der Waals surface area (Å²) in [7, 11) is 0. The minimum absolute atomic E-state index is 0.0339. The second kappa shape index (κ2) is 7.68. The van der Waals surface area contributed by atoms with Crippen LogP contribution in [0.25, 0.3) is 0 Å². The van der Waals surface area contributed by atoms with Crippen LogP contribution in [-0.4, -0.2) is 10.5 Å². The molecule has 1 amide bonds. The summed E-state index contributed by atoms with van der Waals surface area (Å²) in [6.45, 7) is 5.90. The highest BCUT2D eigenvalue weighted by Gasteiger charge is 2.15. The number of carbonyl (C=O) groups excluding carboxylic acids is 1. The minimum atomic E-state index is -0.0339. The molecule has 0 saturated heterocycles. The molecule has 0 aliphatic carbocycles. The SMILES string of the molecule is Cc1cc(C(=O)NCc2ccc(CN)cc2)c(C)n1Cc1cccs1. The van der Waals surface area contributed by atoms with Crippen LogP contribution in [0.2, 0.25) is 0 Å². The van der Waals surface area contributed by atoms with Crippen molar-refractivity contribution in [3.05, 3.63) is 80.8 Å². The maximum atomic E-state index is 12.6. The zero-order valence-electron chi connectivity index (χ0n) is 14.6. The molecule has 3 N–H and O–H groups in total. The standard InChI is InChI=1S/C20H23N3OS/c1-14-10-19(15(2)23(14)13-18-4-3-9-25-18)20(24)22-12-17-7-5-16(11-21)6-8-17/h3-10H,11-13,21H2,1-2H3,(H,22,24). The van der Waals surface area contributed by atoms with Crippen molar-refractivity contribution < 1.29 is 4.79 Å². The molecule has 4 nitrogen and oxygen atoms in total. The molecule has 0 atom stereocenters. The van der Waals surface area contributed by atoms with Crippen molar-refractivity contribution in [2.45, 2.75) is 33.5 Å².